The lowest BCUT2D eigenvalue weighted by atomic mass is 9.73. The minimum atomic E-state index is -0.0278. The Kier molecular flexibility index (Phi) is 5.55. The molecule has 1 saturated carbocycles. The van der Waals surface area contributed by atoms with Crippen molar-refractivity contribution >= 4 is 5.91 Å². The molecule has 3 fully saturated rings. The smallest absolute Gasteiger partial charge is 0.228 e. The summed E-state index contributed by atoms with van der Waals surface area (Å²) in [6.45, 7) is 3.98. The summed E-state index contributed by atoms with van der Waals surface area (Å²) in [6.07, 6.45) is 9.40. The van der Waals surface area contributed by atoms with Crippen molar-refractivity contribution in [3.8, 4) is 0 Å². The van der Waals surface area contributed by atoms with Crippen molar-refractivity contribution in [2.24, 2.45) is 11.3 Å². The van der Waals surface area contributed by atoms with Gasteiger partial charge in [-0.1, -0.05) is 12.5 Å². The van der Waals surface area contributed by atoms with Crippen LogP contribution in [0.4, 0.5) is 0 Å². The molecule has 3 aliphatic rings. The number of hydrogen-bond donors (Lipinski definition) is 0. The number of hydrogen-bond acceptors (Lipinski definition) is 4. The van der Waals surface area contributed by atoms with Gasteiger partial charge in [0.25, 0.3) is 0 Å². The molecule has 2 saturated heterocycles. The van der Waals surface area contributed by atoms with Gasteiger partial charge in [0.1, 0.15) is 0 Å². The predicted octanol–water partition coefficient (Wildman–Crippen LogP) is 2.84. The average Bonchev–Trinajstić information content (AvgIpc) is 2.64. The van der Waals surface area contributed by atoms with Gasteiger partial charge in [-0.2, -0.15) is 0 Å². The number of carbonyl (C=O) groups excluding carboxylic acids is 1. The summed E-state index contributed by atoms with van der Waals surface area (Å²) in [7, 11) is 0. The van der Waals surface area contributed by atoms with Gasteiger partial charge in [0.2, 0.25) is 5.91 Å². The van der Waals surface area contributed by atoms with Crippen molar-refractivity contribution in [2.45, 2.75) is 51.0 Å². The van der Waals surface area contributed by atoms with E-state index in [0.29, 0.717) is 6.42 Å². The summed E-state index contributed by atoms with van der Waals surface area (Å²) in [5.74, 6) is 0.922. The number of aromatic nitrogens is 1. The lowest BCUT2D eigenvalue weighted by Gasteiger charge is -2.50. The van der Waals surface area contributed by atoms with Gasteiger partial charge in [-0.15, -0.1) is 0 Å². The second-order valence-corrected chi connectivity index (χ2v) is 8.24. The zero-order valence-corrected chi connectivity index (χ0v) is 15.6. The molecule has 0 N–H and O–H groups in total. The van der Waals surface area contributed by atoms with E-state index in [-0.39, 0.29) is 17.4 Å². The Hall–Kier alpha value is -1.46. The minimum absolute atomic E-state index is 0.0278. The van der Waals surface area contributed by atoms with Gasteiger partial charge < -0.3 is 14.4 Å². The molecule has 1 amide bonds. The first-order valence-corrected chi connectivity index (χ1v) is 10.1. The molecule has 142 valence electrons. The van der Waals surface area contributed by atoms with Crippen LogP contribution >= 0.6 is 0 Å². The topological polar surface area (TPSA) is 51.7 Å². The van der Waals surface area contributed by atoms with Crippen LogP contribution in [0.2, 0.25) is 0 Å². The Balaban J connectivity index is 1.39. The molecule has 0 unspecified atom stereocenters. The molecule has 4 rings (SSSR count). The molecule has 5 nitrogen and oxygen atoms in total. The Labute approximate surface area is 156 Å². The second kappa shape index (κ2) is 8.05. The van der Waals surface area contributed by atoms with Gasteiger partial charge >= 0.3 is 0 Å². The lowest BCUT2D eigenvalue weighted by molar-refractivity contribution is -0.166. The SMILES string of the molecule is O=C(Cc1ccccn1)N1CC[C@@H]2OCCC[C@@]2(COCC2CCC2)C1. The van der Waals surface area contributed by atoms with Crippen LogP contribution in [0.3, 0.4) is 0 Å². The predicted molar refractivity (Wildman–Crippen MR) is 98.7 cm³/mol. The molecule has 26 heavy (non-hydrogen) atoms. The summed E-state index contributed by atoms with van der Waals surface area (Å²) in [5, 5.41) is 0. The first kappa shape index (κ1) is 17.9. The molecule has 2 atom stereocenters. The number of piperidine rings is 1. The van der Waals surface area contributed by atoms with Crippen molar-refractivity contribution < 1.29 is 14.3 Å². The Morgan fingerprint density at radius 2 is 2.23 bits per heavy atom. The third-order valence-electron chi connectivity index (χ3n) is 6.37. The molecule has 5 heteroatoms. The third-order valence-corrected chi connectivity index (χ3v) is 6.37. The number of nitrogens with zero attached hydrogens (tertiary/aromatic N) is 2. The van der Waals surface area contributed by atoms with E-state index in [9.17, 15) is 4.79 Å². The van der Waals surface area contributed by atoms with E-state index in [4.69, 9.17) is 9.47 Å². The van der Waals surface area contributed by atoms with Crippen LogP contribution in [0.15, 0.2) is 24.4 Å². The molecule has 0 aromatic carbocycles. The standard InChI is InChI=1S/C21H30N2O3/c24-20(13-18-7-1-2-10-22-18)23-11-8-19-21(15-23,9-4-12-26-19)16-25-14-17-5-3-6-17/h1-2,7,10,17,19H,3-6,8-9,11-16H2/t19-,21-/m0/s1. The van der Waals surface area contributed by atoms with Gasteiger partial charge in [0.05, 0.1) is 19.1 Å². The van der Waals surface area contributed by atoms with Crippen molar-refractivity contribution in [1.82, 2.24) is 9.88 Å². The maximum Gasteiger partial charge on any atom is 0.228 e. The molecular formula is C21H30N2O3. The number of ether oxygens (including phenoxy) is 2. The van der Waals surface area contributed by atoms with Gasteiger partial charge in [0, 0.05) is 43.6 Å². The van der Waals surface area contributed by atoms with Crippen LogP contribution in [0.1, 0.15) is 44.2 Å². The van der Waals surface area contributed by atoms with Crippen LogP contribution in [0.5, 0.6) is 0 Å². The van der Waals surface area contributed by atoms with E-state index in [1.165, 1.54) is 19.3 Å². The molecule has 1 aromatic rings. The number of pyridine rings is 1. The van der Waals surface area contributed by atoms with E-state index < -0.39 is 0 Å². The van der Waals surface area contributed by atoms with E-state index in [1.54, 1.807) is 6.20 Å². The first-order chi connectivity index (χ1) is 12.8. The van der Waals surface area contributed by atoms with E-state index in [0.717, 1.165) is 63.8 Å². The Bertz CT molecular complexity index is 605. The molecule has 1 aromatic heterocycles. The minimum Gasteiger partial charge on any atom is -0.380 e. The number of likely N-dealkylation sites (tertiary alicyclic amines) is 1. The normalized spacial score (nSPS) is 29.1. The van der Waals surface area contributed by atoms with Gasteiger partial charge in [-0.25, -0.2) is 0 Å². The molecule has 1 aliphatic carbocycles. The fraction of sp³-hybridized carbons (Fsp3) is 0.714. The number of carbonyl (C=O) groups is 1. The van der Waals surface area contributed by atoms with Gasteiger partial charge in [-0.05, 0) is 50.2 Å². The highest BCUT2D eigenvalue weighted by Gasteiger charge is 2.47. The van der Waals surface area contributed by atoms with Crippen LogP contribution in [-0.4, -0.2) is 54.8 Å². The third kappa shape index (κ3) is 3.94. The van der Waals surface area contributed by atoms with E-state index in [2.05, 4.69) is 4.98 Å². The quantitative estimate of drug-likeness (QED) is 0.785. The second-order valence-electron chi connectivity index (χ2n) is 8.24. The molecule has 0 bridgehead atoms. The summed E-state index contributed by atoms with van der Waals surface area (Å²) in [4.78, 5) is 19.1. The maximum absolute atomic E-state index is 12.8. The number of amides is 1. The van der Waals surface area contributed by atoms with Crippen molar-refractivity contribution in [2.75, 3.05) is 32.9 Å². The van der Waals surface area contributed by atoms with Gasteiger partial charge in [0.15, 0.2) is 0 Å². The fourth-order valence-electron chi connectivity index (χ4n) is 4.57. The van der Waals surface area contributed by atoms with Crippen LogP contribution in [-0.2, 0) is 20.7 Å². The van der Waals surface area contributed by atoms with Crippen LogP contribution < -0.4 is 0 Å². The first-order valence-electron chi connectivity index (χ1n) is 10.1. The zero-order valence-electron chi connectivity index (χ0n) is 15.6. The van der Waals surface area contributed by atoms with Crippen molar-refractivity contribution in [3.63, 3.8) is 0 Å². The highest BCUT2D eigenvalue weighted by molar-refractivity contribution is 5.78. The fourth-order valence-corrected chi connectivity index (χ4v) is 4.57. The summed E-state index contributed by atoms with van der Waals surface area (Å²) >= 11 is 0. The highest BCUT2D eigenvalue weighted by atomic mass is 16.5. The molecule has 3 heterocycles. The lowest BCUT2D eigenvalue weighted by Crippen LogP contribution is -2.58. The zero-order chi connectivity index (χ0) is 17.8. The summed E-state index contributed by atoms with van der Waals surface area (Å²) in [6, 6.07) is 5.74. The monoisotopic (exact) mass is 358 g/mol. The van der Waals surface area contributed by atoms with Crippen molar-refractivity contribution in [3.05, 3.63) is 30.1 Å². The Morgan fingerprint density at radius 1 is 1.31 bits per heavy atom. The summed E-state index contributed by atoms with van der Waals surface area (Å²) < 4.78 is 12.3. The van der Waals surface area contributed by atoms with E-state index >= 15 is 0 Å². The summed E-state index contributed by atoms with van der Waals surface area (Å²) in [5.41, 5.74) is 0.815. The van der Waals surface area contributed by atoms with Crippen LogP contribution in [0.25, 0.3) is 0 Å². The number of fused-ring (bicyclic) bond motifs is 1. The number of rotatable bonds is 6. The van der Waals surface area contributed by atoms with Gasteiger partial charge in [-0.3, -0.25) is 9.78 Å². The Morgan fingerprint density at radius 3 is 3.00 bits per heavy atom. The maximum atomic E-state index is 12.8. The molecule has 2 aliphatic heterocycles. The van der Waals surface area contributed by atoms with Crippen LogP contribution in [0, 0.1) is 11.3 Å². The van der Waals surface area contributed by atoms with Crippen molar-refractivity contribution in [1.29, 1.82) is 0 Å². The molecule has 0 radical (unpaired) electrons. The highest BCUT2D eigenvalue weighted by Crippen LogP contribution is 2.41. The average molecular weight is 358 g/mol. The molecule has 0 spiro atoms. The van der Waals surface area contributed by atoms with E-state index in [1.807, 2.05) is 23.1 Å². The molecular weight excluding hydrogens is 328 g/mol. The largest absolute Gasteiger partial charge is 0.380 e.